The highest BCUT2D eigenvalue weighted by molar-refractivity contribution is 6.17. The van der Waals surface area contributed by atoms with E-state index < -0.39 is 5.79 Å². The monoisotopic (exact) mass is 266 g/mol. The van der Waals surface area contributed by atoms with Gasteiger partial charge in [-0.2, -0.15) is 0 Å². The number of rotatable bonds is 6. The van der Waals surface area contributed by atoms with Crippen molar-refractivity contribution in [2.45, 2.75) is 25.0 Å². The van der Waals surface area contributed by atoms with Crippen molar-refractivity contribution < 1.29 is 9.47 Å². The van der Waals surface area contributed by atoms with Crippen LogP contribution in [0.2, 0.25) is 0 Å². The summed E-state index contributed by atoms with van der Waals surface area (Å²) in [5.41, 5.74) is 3.46. The fourth-order valence-electron chi connectivity index (χ4n) is 2.59. The van der Waals surface area contributed by atoms with Crippen LogP contribution in [0.25, 0.3) is 6.08 Å². The van der Waals surface area contributed by atoms with Crippen LogP contribution in [-0.4, -0.2) is 20.1 Å². The summed E-state index contributed by atoms with van der Waals surface area (Å²) in [6.07, 6.45) is 5.19. The molecular formula is C15H19ClO2. The molecule has 0 aromatic heterocycles. The van der Waals surface area contributed by atoms with Crippen LogP contribution in [0, 0.1) is 0 Å². The summed E-state index contributed by atoms with van der Waals surface area (Å²) >= 11 is 5.73. The molecule has 0 unspecified atom stereocenters. The molecule has 1 aliphatic carbocycles. The molecule has 3 heteroatoms. The van der Waals surface area contributed by atoms with Crippen molar-refractivity contribution in [2.24, 2.45) is 0 Å². The summed E-state index contributed by atoms with van der Waals surface area (Å²) in [7, 11) is 3.39. The molecule has 98 valence electrons. The smallest absolute Gasteiger partial charge is 0.218 e. The van der Waals surface area contributed by atoms with Gasteiger partial charge in [-0.05, 0) is 36.5 Å². The molecule has 2 rings (SSSR count). The van der Waals surface area contributed by atoms with Gasteiger partial charge in [0.25, 0.3) is 0 Å². The Balaban J connectivity index is 2.30. The van der Waals surface area contributed by atoms with E-state index in [1.807, 2.05) is 12.1 Å². The van der Waals surface area contributed by atoms with Crippen LogP contribution in [0.5, 0.6) is 0 Å². The van der Waals surface area contributed by atoms with Gasteiger partial charge in [0.2, 0.25) is 5.79 Å². The van der Waals surface area contributed by atoms with E-state index in [2.05, 4.69) is 18.2 Å². The molecule has 0 N–H and O–H groups in total. The van der Waals surface area contributed by atoms with Gasteiger partial charge in [0.05, 0.1) is 0 Å². The Kier molecular flexibility index (Phi) is 4.44. The van der Waals surface area contributed by atoms with E-state index in [0.717, 1.165) is 24.8 Å². The molecule has 0 aliphatic heterocycles. The maximum Gasteiger partial charge on any atom is 0.218 e. The lowest BCUT2D eigenvalue weighted by atomic mass is 9.98. The molecule has 0 saturated heterocycles. The number of halogens is 1. The second-order valence-electron chi connectivity index (χ2n) is 4.43. The van der Waals surface area contributed by atoms with E-state index in [-0.39, 0.29) is 0 Å². The first-order valence-corrected chi connectivity index (χ1v) is 6.78. The molecular weight excluding hydrogens is 248 g/mol. The fraction of sp³-hybridized carbons (Fsp3) is 0.467. The minimum Gasteiger partial charge on any atom is -0.346 e. The zero-order chi connectivity index (χ0) is 13.0. The third-order valence-electron chi connectivity index (χ3n) is 3.47. The van der Waals surface area contributed by atoms with Crippen molar-refractivity contribution in [2.75, 3.05) is 20.1 Å². The van der Waals surface area contributed by atoms with Gasteiger partial charge in [-0.15, -0.1) is 11.6 Å². The summed E-state index contributed by atoms with van der Waals surface area (Å²) in [6.45, 7) is 0. The van der Waals surface area contributed by atoms with E-state index >= 15 is 0 Å². The average molecular weight is 267 g/mol. The van der Waals surface area contributed by atoms with Crippen LogP contribution < -0.4 is 0 Å². The third kappa shape index (κ3) is 2.20. The number of unbranched alkanes of at least 4 members (excludes halogenated alkanes) is 1. The second-order valence-corrected chi connectivity index (χ2v) is 4.81. The van der Waals surface area contributed by atoms with Crippen molar-refractivity contribution in [1.82, 2.24) is 0 Å². The van der Waals surface area contributed by atoms with Crippen molar-refractivity contribution >= 4 is 17.7 Å². The fourth-order valence-corrected chi connectivity index (χ4v) is 2.78. The molecule has 0 fully saturated rings. The lowest BCUT2D eigenvalue weighted by molar-refractivity contribution is -0.185. The highest BCUT2D eigenvalue weighted by Gasteiger charge is 2.41. The zero-order valence-electron chi connectivity index (χ0n) is 10.9. The minimum atomic E-state index is -0.705. The average Bonchev–Trinajstić information content (AvgIpc) is 2.73. The van der Waals surface area contributed by atoms with Crippen molar-refractivity contribution in [1.29, 1.82) is 0 Å². The summed E-state index contributed by atoms with van der Waals surface area (Å²) in [5, 5.41) is 0. The molecule has 0 atom stereocenters. The molecule has 1 aliphatic rings. The zero-order valence-corrected chi connectivity index (χ0v) is 11.7. The molecule has 1 aromatic carbocycles. The lowest BCUT2D eigenvalue weighted by Crippen LogP contribution is -2.31. The van der Waals surface area contributed by atoms with Gasteiger partial charge in [0.1, 0.15) is 0 Å². The van der Waals surface area contributed by atoms with Gasteiger partial charge in [-0.3, -0.25) is 0 Å². The van der Waals surface area contributed by atoms with Crippen LogP contribution >= 0.6 is 11.6 Å². The summed E-state index contributed by atoms with van der Waals surface area (Å²) in [6, 6.07) is 8.21. The Morgan fingerprint density at radius 2 is 1.83 bits per heavy atom. The van der Waals surface area contributed by atoms with Crippen LogP contribution in [0.3, 0.4) is 0 Å². The number of benzene rings is 1. The molecule has 0 amide bonds. The molecule has 18 heavy (non-hydrogen) atoms. The highest BCUT2D eigenvalue weighted by atomic mass is 35.5. The lowest BCUT2D eigenvalue weighted by Gasteiger charge is -2.30. The van der Waals surface area contributed by atoms with Gasteiger partial charge >= 0.3 is 0 Å². The largest absolute Gasteiger partial charge is 0.346 e. The maximum absolute atomic E-state index is 5.73. The van der Waals surface area contributed by atoms with Crippen molar-refractivity contribution in [3.63, 3.8) is 0 Å². The molecule has 0 spiro atoms. The van der Waals surface area contributed by atoms with Gasteiger partial charge in [-0.25, -0.2) is 0 Å². The second kappa shape index (κ2) is 5.87. The number of methoxy groups -OCH3 is 2. The predicted molar refractivity (Wildman–Crippen MR) is 74.7 cm³/mol. The number of hydrogen-bond acceptors (Lipinski definition) is 2. The number of fused-ring (bicyclic) bond motifs is 1. The number of alkyl halides is 1. The molecule has 0 bridgehead atoms. The first-order valence-electron chi connectivity index (χ1n) is 6.25. The molecule has 0 heterocycles. The molecule has 2 nitrogen and oxygen atoms in total. The summed E-state index contributed by atoms with van der Waals surface area (Å²) in [5.74, 6) is -0.00387. The maximum atomic E-state index is 5.73. The summed E-state index contributed by atoms with van der Waals surface area (Å²) in [4.78, 5) is 0. The SMILES string of the molecule is COC1(OC)C(CCCCCl)=Cc2ccccc21. The Morgan fingerprint density at radius 3 is 2.50 bits per heavy atom. The van der Waals surface area contributed by atoms with Crippen molar-refractivity contribution in [3.05, 3.63) is 41.0 Å². The Hall–Kier alpha value is -0.830. The Morgan fingerprint density at radius 1 is 1.11 bits per heavy atom. The van der Waals surface area contributed by atoms with Gasteiger partial charge in [0.15, 0.2) is 0 Å². The van der Waals surface area contributed by atoms with Gasteiger partial charge < -0.3 is 9.47 Å². The Bertz CT molecular complexity index is 436. The van der Waals surface area contributed by atoms with E-state index in [9.17, 15) is 0 Å². The molecule has 0 radical (unpaired) electrons. The molecule has 1 aromatic rings. The molecule has 0 saturated carbocycles. The van der Waals surface area contributed by atoms with E-state index in [1.54, 1.807) is 14.2 Å². The van der Waals surface area contributed by atoms with E-state index in [1.165, 1.54) is 11.1 Å². The normalized spacial score (nSPS) is 16.5. The standard InChI is InChI=1S/C15H19ClO2/c1-17-15(18-2)13(8-5-6-10-16)11-12-7-3-4-9-14(12)15/h3-4,7,9,11H,5-6,8,10H2,1-2H3. The number of hydrogen-bond donors (Lipinski definition) is 0. The topological polar surface area (TPSA) is 18.5 Å². The number of ether oxygens (including phenoxy) is 2. The van der Waals surface area contributed by atoms with E-state index in [4.69, 9.17) is 21.1 Å². The van der Waals surface area contributed by atoms with Gasteiger partial charge in [-0.1, -0.05) is 24.3 Å². The predicted octanol–water partition coefficient (Wildman–Crippen LogP) is 3.94. The van der Waals surface area contributed by atoms with Crippen molar-refractivity contribution in [3.8, 4) is 0 Å². The minimum absolute atomic E-state index is 0.702. The summed E-state index contributed by atoms with van der Waals surface area (Å²) < 4.78 is 11.4. The first kappa shape index (κ1) is 13.6. The van der Waals surface area contributed by atoms with Gasteiger partial charge in [0, 0.05) is 25.7 Å². The first-order chi connectivity index (χ1) is 8.78. The quantitative estimate of drug-likeness (QED) is 0.441. The van der Waals surface area contributed by atoms with Crippen LogP contribution in [0.4, 0.5) is 0 Å². The van der Waals surface area contributed by atoms with Crippen LogP contribution in [0.1, 0.15) is 30.4 Å². The Labute approximate surface area is 114 Å². The highest BCUT2D eigenvalue weighted by Crippen LogP contribution is 2.44. The van der Waals surface area contributed by atoms with E-state index in [0.29, 0.717) is 5.88 Å². The third-order valence-corrected chi connectivity index (χ3v) is 3.74. The van der Waals surface area contributed by atoms with Crippen LogP contribution in [0.15, 0.2) is 29.8 Å². The van der Waals surface area contributed by atoms with Crippen LogP contribution in [-0.2, 0) is 15.3 Å².